The fourth-order valence-corrected chi connectivity index (χ4v) is 1.05. The highest BCUT2D eigenvalue weighted by atomic mass is 19.2. The molecule has 0 radical (unpaired) electrons. The number of benzene rings is 1. The molecule has 0 heterocycles. The van der Waals surface area contributed by atoms with E-state index in [1.54, 1.807) is 6.92 Å². The number of halogens is 3. The molecule has 0 amide bonds. The summed E-state index contributed by atoms with van der Waals surface area (Å²) >= 11 is 0. The van der Waals surface area contributed by atoms with Crippen LogP contribution >= 0.6 is 0 Å². The fourth-order valence-electron chi connectivity index (χ4n) is 1.05. The molecule has 0 bridgehead atoms. The Balaban J connectivity index is 2.68. The molecule has 0 atom stereocenters. The highest BCUT2D eigenvalue weighted by Crippen LogP contribution is 2.19. The van der Waals surface area contributed by atoms with Gasteiger partial charge in [0.05, 0.1) is 5.69 Å². The van der Waals surface area contributed by atoms with E-state index in [1.807, 2.05) is 0 Å². The van der Waals surface area contributed by atoms with Gasteiger partial charge in [0.15, 0.2) is 17.5 Å². The lowest BCUT2D eigenvalue weighted by Gasteiger charge is -2.06. The molecule has 0 aliphatic carbocycles. The molecule has 0 aliphatic rings. The molecule has 0 spiro atoms. The maximum absolute atomic E-state index is 13.1. The van der Waals surface area contributed by atoms with Crippen LogP contribution in [-0.2, 0) is 0 Å². The predicted molar refractivity (Wildman–Crippen MR) is 52.9 cm³/mol. The normalized spacial score (nSPS) is 9.33. The Bertz CT molecular complexity index is 404. The van der Waals surface area contributed by atoms with Crippen molar-refractivity contribution in [1.29, 1.82) is 0 Å². The third-order valence-corrected chi connectivity index (χ3v) is 1.78. The molecule has 15 heavy (non-hydrogen) atoms. The first-order chi connectivity index (χ1) is 7.16. The average Bonchev–Trinajstić information content (AvgIpc) is 2.24. The van der Waals surface area contributed by atoms with Gasteiger partial charge >= 0.3 is 0 Å². The zero-order valence-corrected chi connectivity index (χ0v) is 8.20. The van der Waals surface area contributed by atoms with Crippen molar-refractivity contribution in [2.45, 2.75) is 13.3 Å². The van der Waals surface area contributed by atoms with Gasteiger partial charge in [-0.2, -0.15) is 0 Å². The standard InChI is InChI=1S/C11H10F3N/c1-2-3-4-7-15-9-6-5-8(12)10(13)11(9)14/h5-6,15H,4,7H2,1H3. The van der Waals surface area contributed by atoms with Gasteiger partial charge in [-0.15, -0.1) is 11.8 Å². The second-order valence-corrected chi connectivity index (χ2v) is 2.83. The van der Waals surface area contributed by atoms with E-state index in [9.17, 15) is 13.2 Å². The minimum Gasteiger partial charge on any atom is -0.382 e. The molecule has 1 nitrogen and oxygen atoms in total. The lowest BCUT2D eigenvalue weighted by atomic mass is 10.2. The molecule has 0 saturated heterocycles. The summed E-state index contributed by atoms with van der Waals surface area (Å²) in [5, 5.41) is 2.63. The summed E-state index contributed by atoms with van der Waals surface area (Å²) in [5.74, 6) is 1.59. The number of rotatable bonds is 3. The molecule has 0 fully saturated rings. The molecule has 0 aromatic heterocycles. The summed E-state index contributed by atoms with van der Waals surface area (Å²) in [6.07, 6.45) is 0.523. The Morgan fingerprint density at radius 1 is 1.20 bits per heavy atom. The van der Waals surface area contributed by atoms with Gasteiger partial charge in [0.25, 0.3) is 0 Å². The van der Waals surface area contributed by atoms with E-state index in [0.29, 0.717) is 13.0 Å². The first-order valence-electron chi connectivity index (χ1n) is 4.43. The van der Waals surface area contributed by atoms with E-state index in [0.717, 1.165) is 12.1 Å². The molecule has 4 heteroatoms. The lowest BCUT2D eigenvalue weighted by Crippen LogP contribution is -2.04. The summed E-state index contributed by atoms with van der Waals surface area (Å²) in [5.41, 5.74) is -0.0493. The maximum atomic E-state index is 13.1. The molecule has 1 aromatic carbocycles. The van der Waals surface area contributed by atoms with E-state index in [2.05, 4.69) is 17.2 Å². The van der Waals surface area contributed by atoms with Crippen LogP contribution in [0.2, 0.25) is 0 Å². The first kappa shape index (κ1) is 11.4. The van der Waals surface area contributed by atoms with Gasteiger partial charge in [-0.05, 0) is 19.1 Å². The quantitative estimate of drug-likeness (QED) is 0.462. The topological polar surface area (TPSA) is 12.0 Å². The van der Waals surface area contributed by atoms with E-state index >= 15 is 0 Å². The van der Waals surface area contributed by atoms with Crippen LogP contribution in [0.25, 0.3) is 0 Å². The molecule has 1 rings (SSSR count). The molecular weight excluding hydrogens is 203 g/mol. The molecular formula is C11H10F3N. The van der Waals surface area contributed by atoms with Crippen LogP contribution < -0.4 is 5.32 Å². The highest BCUT2D eigenvalue weighted by molar-refractivity contribution is 5.45. The van der Waals surface area contributed by atoms with Crippen molar-refractivity contribution in [3.8, 4) is 11.8 Å². The van der Waals surface area contributed by atoms with Crippen LogP contribution in [0.1, 0.15) is 13.3 Å². The van der Waals surface area contributed by atoms with Gasteiger partial charge in [-0.1, -0.05) is 0 Å². The Morgan fingerprint density at radius 2 is 1.93 bits per heavy atom. The van der Waals surface area contributed by atoms with Crippen LogP contribution in [0.4, 0.5) is 18.9 Å². The van der Waals surface area contributed by atoms with Crippen molar-refractivity contribution in [2.24, 2.45) is 0 Å². The average molecular weight is 213 g/mol. The smallest absolute Gasteiger partial charge is 0.196 e. The second-order valence-electron chi connectivity index (χ2n) is 2.83. The number of anilines is 1. The Labute approximate surface area is 86.3 Å². The largest absolute Gasteiger partial charge is 0.382 e. The van der Waals surface area contributed by atoms with Crippen molar-refractivity contribution in [3.63, 3.8) is 0 Å². The minimum atomic E-state index is -1.46. The number of nitrogens with one attached hydrogen (secondary N) is 1. The van der Waals surface area contributed by atoms with Crippen molar-refractivity contribution >= 4 is 5.69 Å². The third kappa shape index (κ3) is 2.91. The van der Waals surface area contributed by atoms with Gasteiger partial charge in [-0.3, -0.25) is 0 Å². The zero-order chi connectivity index (χ0) is 11.3. The molecule has 0 unspecified atom stereocenters. The van der Waals surface area contributed by atoms with Crippen LogP contribution in [0.15, 0.2) is 12.1 Å². The monoisotopic (exact) mass is 213 g/mol. The van der Waals surface area contributed by atoms with Crippen LogP contribution in [0.5, 0.6) is 0 Å². The van der Waals surface area contributed by atoms with Crippen LogP contribution in [0, 0.1) is 29.3 Å². The molecule has 80 valence electrons. The van der Waals surface area contributed by atoms with E-state index < -0.39 is 17.5 Å². The summed E-state index contributed by atoms with van der Waals surface area (Å²) in [6.45, 7) is 2.08. The maximum Gasteiger partial charge on any atom is 0.196 e. The summed E-state index contributed by atoms with van der Waals surface area (Å²) < 4.78 is 38.3. The molecule has 0 saturated carbocycles. The van der Waals surface area contributed by atoms with Gasteiger partial charge in [0.1, 0.15) is 0 Å². The zero-order valence-electron chi connectivity index (χ0n) is 8.20. The minimum absolute atomic E-state index is 0.0493. The van der Waals surface area contributed by atoms with E-state index in [1.165, 1.54) is 0 Å². The molecule has 1 N–H and O–H groups in total. The number of hydrogen-bond donors (Lipinski definition) is 1. The van der Waals surface area contributed by atoms with Gasteiger partial charge in [-0.25, -0.2) is 13.2 Å². The summed E-state index contributed by atoms with van der Waals surface area (Å²) in [4.78, 5) is 0. The van der Waals surface area contributed by atoms with E-state index in [-0.39, 0.29) is 5.69 Å². The highest BCUT2D eigenvalue weighted by Gasteiger charge is 2.12. The summed E-state index contributed by atoms with van der Waals surface area (Å²) in [7, 11) is 0. The van der Waals surface area contributed by atoms with Crippen molar-refractivity contribution in [1.82, 2.24) is 0 Å². The van der Waals surface area contributed by atoms with Crippen molar-refractivity contribution < 1.29 is 13.2 Å². The Morgan fingerprint density at radius 3 is 2.60 bits per heavy atom. The SMILES string of the molecule is CC#CCCNc1ccc(F)c(F)c1F. The van der Waals surface area contributed by atoms with Gasteiger partial charge in [0.2, 0.25) is 0 Å². The first-order valence-corrected chi connectivity index (χ1v) is 4.43. The van der Waals surface area contributed by atoms with Crippen molar-refractivity contribution in [2.75, 3.05) is 11.9 Å². The van der Waals surface area contributed by atoms with E-state index in [4.69, 9.17) is 0 Å². The van der Waals surface area contributed by atoms with Crippen molar-refractivity contribution in [3.05, 3.63) is 29.6 Å². The second kappa shape index (κ2) is 5.30. The lowest BCUT2D eigenvalue weighted by molar-refractivity contribution is 0.449. The summed E-state index contributed by atoms with van der Waals surface area (Å²) in [6, 6.07) is 2.04. The molecule has 1 aromatic rings. The Hall–Kier alpha value is -1.63. The Kier molecular flexibility index (Phi) is 4.04. The van der Waals surface area contributed by atoms with Crippen LogP contribution in [0.3, 0.4) is 0 Å². The van der Waals surface area contributed by atoms with Gasteiger partial charge < -0.3 is 5.32 Å². The fraction of sp³-hybridized carbons (Fsp3) is 0.273. The number of hydrogen-bond acceptors (Lipinski definition) is 1. The third-order valence-electron chi connectivity index (χ3n) is 1.78. The predicted octanol–water partition coefficient (Wildman–Crippen LogP) is 2.93. The van der Waals surface area contributed by atoms with Crippen LogP contribution in [-0.4, -0.2) is 6.54 Å². The molecule has 0 aliphatic heterocycles. The van der Waals surface area contributed by atoms with Gasteiger partial charge in [0, 0.05) is 13.0 Å².